The summed E-state index contributed by atoms with van der Waals surface area (Å²) in [6, 6.07) is 0.124. The van der Waals surface area contributed by atoms with Crippen molar-refractivity contribution in [2.45, 2.75) is 58.4 Å². The third-order valence-electron chi connectivity index (χ3n) is 3.62. The van der Waals surface area contributed by atoms with E-state index in [4.69, 9.17) is 5.11 Å². The average molecular weight is 253 g/mol. The van der Waals surface area contributed by atoms with E-state index in [0.717, 1.165) is 32.1 Å². The summed E-state index contributed by atoms with van der Waals surface area (Å²) in [7, 11) is 0. The van der Waals surface area contributed by atoms with Gasteiger partial charge in [-0.15, -0.1) is 0 Å². The summed E-state index contributed by atoms with van der Waals surface area (Å²) in [6.45, 7) is 4.52. The van der Waals surface area contributed by atoms with Crippen molar-refractivity contribution in [2.75, 3.05) is 6.61 Å². The summed E-state index contributed by atoms with van der Waals surface area (Å²) >= 11 is 0. The van der Waals surface area contributed by atoms with Crippen LogP contribution in [0, 0.1) is 11.8 Å². The van der Waals surface area contributed by atoms with Crippen LogP contribution >= 0.6 is 0 Å². The van der Waals surface area contributed by atoms with Crippen LogP contribution in [0.1, 0.15) is 52.4 Å². The van der Waals surface area contributed by atoms with E-state index >= 15 is 0 Å². The van der Waals surface area contributed by atoms with Crippen LogP contribution in [0.5, 0.6) is 0 Å². The zero-order valence-electron chi connectivity index (χ0n) is 11.7. The Bertz CT molecular complexity index is 270. The van der Waals surface area contributed by atoms with Gasteiger partial charge in [-0.25, -0.2) is 0 Å². The molecule has 0 aromatic heterocycles. The predicted molar refractivity (Wildman–Crippen MR) is 74.2 cm³/mol. The molecule has 0 fully saturated rings. The highest BCUT2D eigenvalue weighted by atomic mass is 16.3. The molecule has 0 saturated carbocycles. The normalized spacial score (nSPS) is 22.7. The summed E-state index contributed by atoms with van der Waals surface area (Å²) in [5.41, 5.74) is 0. The number of amides is 1. The molecule has 2 N–H and O–H groups in total. The Hall–Kier alpha value is -0.830. The van der Waals surface area contributed by atoms with Crippen molar-refractivity contribution in [3.05, 3.63) is 12.2 Å². The largest absolute Gasteiger partial charge is 0.396 e. The molecule has 0 saturated heterocycles. The van der Waals surface area contributed by atoms with Gasteiger partial charge in [-0.05, 0) is 12.3 Å². The Balaban J connectivity index is 2.30. The fraction of sp³-hybridized carbons (Fsp3) is 0.800. The molecule has 3 nitrogen and oxygen atoms in total. The van der Waals surface area contributed by atoms with Gasteiger partial charge in [-0.3, -0.25) is 4.79 Å². The lowest BCUT2D eigenvalue weighted by Gasteiger charge is -2.17. The van der Waals surface area contributed by atoms with Gasteiger partial charge >= 0.3 is 0 Å². The molecule has 0 radical (unpaired) electrons. The minimum atomic E-state index is 0.124. The molecule has 0 unspecified atom stereocenters. The number of carbonyl (C=O) groups is 1. The van der Waals surface area contributed by atoms with Crippen molar-refractivity contribution >= 4 is 5.91 Å². The first-order chi connectivity index (χ1) is 8.69. The number of rotatable bonds is 8. The lowest BCUT2D eigenvalue weighted by molar-refractivity contribution is -0.122. The van der Waals surface area contributed by atoms with Gasteiger partial charge < -0.3 is 10.4 Å². The Morgan fingerprint density at radius 3 is 2.50 bits per heavy atom. The molecule has 2 atom stereocenters. The summed E-state index contributed by atoms with van der Waals surface area (Å²) < 4.78 is 0. The molecule has 0 heterocycles. The maximum absolute atomic E-state index is 11.9. The van der Waals surface area contributed by atoms with Crippen molar-refractivity contribution in [2.24, 2.45) is 11.8 Å². The second-order valence-electron chi connectivity index (χ2n) is 5.38. The van der Waals surface area contributed by atoms with Crippen LogP contribution in [0.25, 0.3) is 0 Å². The molecule has 1 amide bonds. The molecular formula is C15H27NO2. The Morgan fingerprint density at radius 2 is 2.00 bits per heavy atom. The molecule has 0 aliphatic heterocycles. The molecule has 3 heteroatoms. The van der Waals surface area contributed by atoms with Crippen LogP contribution in [-0.4, -0.2) is 23.7 Å². The van der Waals surface area contributed by atoms with Gasteiger partial charge in [-0.2, -0.15) is 0 Å². The fourth-order valence-corrected chi connectivity index (χ4v) is 2.71. The van der Waals surface area contributed by atoms with E-state index in [2.05, 4.69) is 19.2 Å². The van der Waals surface area contributed by atoms with E-state index < -0.39 is 0 Å². The number of aliphatic hydroxyl groups excluding tert-OH is 1. The van der Waals surface area contributed by atoms with E-state index in [-0.39, 0.29) is 24.5 Å². The number of carbonyl (C=O) groups excluding carboxylic acids is 1. The van der Waals surface area contributed by atoms with Crippen molar-refractivity contribution in [1.29, 1.82) is 0 Å². The van der Waals surface area contributed by atoms with Gasteiger partial charge in [0.25, 0.3) is 0 Å². The van der Waals surface area contributed by atoms with Crippen molar-refractivity contribution < 1.29 is 9.90 Å². The van der Waals surface area contributed by atoms with Gasteiger partial charge in [0.15, 0.2) is 0 Å². The van der Waals surface area contributed by atoms with Crippen molar-refractivity contribution in [3.8, 4) is 0 Å². The standard InChI is InChI=1S/C15H27NO2/c1-3-5-12(6-4-2)10-15(18)16-14-8-7-13(9-14)11-17/h7-8,12-14,17H,3-6,9-11H2,1-2H3,(H,16,18)/t13-,14+/m0/s1. The van der Waals surface area contributed by atoms with Gasteiger partial charge in [0.05, 0.1) is 0 Å². The lowest BCUT2D eigenvalue weighted by atomic mass is 9.94. The topological polar surface area (TPSA) is 49.3 Å². The highest BCUT2D eigenvalue weighted by Crippen LogP contribution is 2.20. The molecule has 1 aliphatic rings. The van der Waals surface area contributed by atoms with E-state index in [0.29, 0.717) is 12.3 Å². The molecular weight excluding hydrogens is 226 g/mol. The zero-order valence-corrected chi connectivity index (χ0v) is 11.7. The number of nitrogens with one attached hydrogen (secondary N) is 1. The Labute approximate surface area is 111 Å². The summed E-state index contributed by atoms with van der Waals surface area (Å²) in [6.07, 6.45) is 10.1. The molecule has 104 valence electrons. The Kier molecular flexibility index (Phi) is 7.02. The maximum Gasteiger partial charge on any atom is 0.220 e. The van der Waals surface area contributed by atoms with E-state index in [1.807, 2.05) is 12.2 Å². The van der Waals surface area contributed by atoms with Crippen LogP contribution < -0.4 is 5.32 Å². The van der Waals surface area contributed by atoms with Crippen LogP contribution in [-0.2, 0) is 4.79 Å². The molecule has 0 bridgehead atoms. The first kappa shape index (κ1) is 15.2. The van der Waals surface area contributed by atoms with Crippen LogP contribution in [0.4, 0.5) is 0 Å². The quantitative estimate of drug-likeness (QED) is 0.653. The van der Waals surface area contributed by atoms with Gasteiger partial charge in [0, 0.05) is 25.0 Å². The fourth-order valence-electron chi connectivity index (χ4n) is 2.71. The van der Waals surface area contributed by atoms with Gasteiger partial charge in [0.1, 0.15) is 0 Å². The zero-order chi connectivity index (χ0) is 13.4. The molecule has 0 aromatic rings. The highest BCUT2D eigenvalue weighted by molar-refractivity contribution is 5.76. The monoisotopic (exact) mass is 253 g/mol. The maximum atomic E-state index is 11.9. The molecule has 1 rings (SSSR count). The smallest absolute Gasteiger partial charge is 0.220 e. The summed E-state index contributed by atoms with van der Waals surface area (Å²) in [4.78, 5) is 11.9. The molecule has 1 aliphatic carbocycles. The van der Waals surface area contributed by atoms with E-state index in [1.54, 1.807) is 0 Å². The minimum absolute atomic E-state index is 0.124. The molecule has 18 heavy (non-hydrogen) atoms. The SMILES string of the molecule is CCCC(CCC)CC(=O)N[C@@H]1C=C[C@H](CO)C1. The van der Waals surface area contributed by atoms with E-state index in [1.165, 1.54) is 0 Å². The number of hydrogen-bond donors (Lipinski definition) is 2. The van der Waals surface area contributed by atoms with Crippen LogP contribution in [0.2, 0.25) is 0 Å². The van der Waals surface area contributed by atoms with Crippen molar-refractivity contribution in [1.82, 2.24) is 5.32 Å². The van der Waals surface area contributed by atoms with E-state index in [9.17, 15) is 4.79 Å². The second-order valence-corrected chi connectivity index (χ2v) is 5.38. The van der Waals surface area contributed by atoms with Crippen LogP contribution in [0.15, 0.2) is 12.2 Å². The molecule has 0 aromatic carbocycles. The summed E-state index contributed by atoms with van der Waals surface area (Å²) in [5.74, 6) is 0.909. The number of hydrogen-bond acceptors (Lipinski definition) is 2. The minimum Gasteiger partial charge on any atom is -0.396 e. The predicted octanol–water partition coefficient (Wildman–Crippen LogP) is 2.65. The highest BCUT2D eigenvalue weighted by Gasteiger charge is 2.20. The van der Waals surface area contributed by atoms with Gasteiger partial charge in [0.2, 0.25) is 5.91 Å². The summed E-state index contributed by atoms with van der Waals surface area (Å²) in [5, 5.41) is 12.1. The Morgan fingerprint density at radius 1 is 1.33 bits per heavy atom. The lowest BCUT2D eigenvalue weighted by Crippen LogP contribution is -2.34. The first-order valence-corrected chi connectivity index (χ1v) is 7.28. The third kappa shape index (κ3) is 5.21. The molecule has 0 spiro atoms. The van der Waals surface area contributed by atoms with Crippen LogP contribution in [0.3, 0.4) is 0 Å². The van der Waals surface area contributed by atoms with Crippen molar-refractivity contribution in [3.63, 3.8) is 0 Å². The average Bonchev–Trinajstić information content (AvgIpc) is 2.77. The first-order valence-electron chi connectivity index (χ1n) is 7.28. The number of aliphatic hydroxyl groups is 1. The van der Waals surface area contributed by atoms with Gasteiger partial charge in [-0.1, -0.05) is 51.7 Å². The second kappa shape index (κ2) is 8.30. The third-order valence-corrected chi connectivity index (χ3v) is 3.62.